The first-order chi connectivity index (χ1) is 9.15. The van der Waals surface area contributed by atoms with E-state index in [4.69, 9.17) is 21.8 Å². The summed E-state index contributed by atoms with van der Waals surface area (Å²) in [6.07, 6.45) is 0. The first kappa shape index (κ1) is 12.3. The predicted molar refractivity (Wildman–Crippen MR) is 78.4 cm³/mol. The Bertz CT molecular complexity index is 715. The third-order valence-electron chi connectivity index (χ3n) is 3.26. The Kier molecular flexibility index (Phi) is 3.05. The average Bonchev–Trinajstić information content (AvgIpc) is 2.84. The van der Waals surface area contributed by atoms with Crippen molar-refractivity contribution < 1.29 is 4.42 Å². The lowest BCUT2D eigenvalue weighted by Gasteiger charge is -2.09. The van der Waals surface area contributed by atoms with Crippen LogP contribution in [-0.4, -0.2) is 0 Å². The molecule has 96 valence electrons. The maximum absolute atomic E-state index is 6.24. The Morgan fingerprint density at radius 1 is 1.11 bits per heavy atom. The number of fused-ring (bicyclic) bond motifs is 1. The number of benzene rings is 2. The van der Waals surface area contributed by atoms with E-state index in [2.05, 4.69) is 6.92 Å². The fraction of sp³-hybridized carbons (Fsp3) is 0.125. The Morgan fingerprint density at radius 3 is 2.53 bits per heavy atom. The zero-order valence-corrected chi connectivity index (χ0v) is 11.3. The molecule has 0 aliphatic rings. The standard InChI is InChI=1S/C16H14ClNO/c1-10-5-7-11(8-6-10)15(18)14-9-12-3-2-4-13(17)16(12)19-14/h2-9,15H,18H2,1H3. The van der Waals surface area contributed by atoms with Crippen molar-refractivity contribution in [3.05, 3.63) is 70.4 Å². The van der Waals surface area contributed by atoms with E-state index in [1.165, 1.54) is 5.56 Å². The van der Waals surface area contributed by atoms with E-state index in [1.807, 2.05) is 48.5 Å². The number of para-hydroxylation sites is 1. The van der Waals surface area contributed by atoms with E-state index in [1.54, 1.807) is 0 Å². The second-order valence-corrected chi connectivity index (χ2v) is 5.10. The van der Waals surface area contributed by atoms with Gasteiger partial charge < -0.3 is 10.2 Å². The van der Waals surface area contributed by atoms with Crippen LogP contribution in [0, 0.1) is 6.92 Å². The maximum atomic E-state index is 6.24. The molecule has 0 radical (unpaired) electrons. The Hall–Kier alpha value is -1.77. The van der Waals surface area contributed by atoms with Gasteiger partial charge >= 0.3 is 0 Å². The molecule has 3 rings (SSSR count). The smallest absolute Gasteiger partial charge is 0.152 e. The van der Waals surface area contributed by atoms with E-state index < -0.39 is 0 Å². The second-order valence-electron chi connectivity index (χ2n) is 4.70. The summed E-state index contributed by atoms with van der Waals surface area (Å²) < 4.78 is 5.79. The lowest BCUT2D eigenvalue weighted by molar-refractivity contribution is 0.525. The lowest BCUT2D eigenvalue weighted by atomic mass is 10.0. The van der Waals surface area contributed by atoms with Crippen LogP contribution in [0.5, 0.6) is 0 Å². The van der Waals surface area contributed by atoms with E-state index in [-0.39, 0.29) is 6.04 Å². The van der Waals surface area contributed by atoms with Crippen molar-refractivity contribution in [2.45, 2.75) is 13.0 Å². The SMILES string of the molecule is Cc1ccc(C(N)c2cc3cccc(Cl)c3o2)cc1. The first-order valence-electron chi connectivity index (χ1n) is 6.15. The van der Waals surface area contributed by atoms with Crippen LogP contribution in [0.3, 0.4) is 0 Å². The number of hydrogen-bond acceptors (Lipinski definition) is 2. The van der Waals surface area contributed by atoms with Crippen molar-refractivity contribution in [1.29, 1.82) is 0 Å². The van der Waals surface area contributed by atoms with Gasteiger partial charge in [0, 0.05) is 5.39 Å². The van der Waals surface area contributed by atoms with Crippen molar-refractivity contribution in [2.75, 3.05) is 0 Å². The van der Waals surface area contributed by atoms with Gasteiger partial charge in [0.05, 0.1) is 11.1 Å². The topological polar surface area (TPSA) is 39.2 Å². The third kappa shape index (κ3) is 2.25. The molecule has 0 aliphatic carbocycles. The molecule has 0 saturated heterocycles. The van der Waals surface area contributed by atoms with E-state index >= 15 is 0 Å². The van der Waals surface area contributed by atoms with E-state index in [0.717, 1.165) is 16.7 Å². The molecule has 2 aromatic carbocycles. The monoisotopic (exact) mass is 271 g/mol. The molecule has 0 spiro atoms. The van der Waals surface area contributed by atoms with Crippen molar-refractivity contribution in [3.63, 3.8) is 0 Å². The minimum absolute atomic E-state index is 0.274. The molecule has 0 saturated carbocycles. The third-order valence-corrected chi connectivity index (χ3v) is 3.56. The first-order valence-corrected chi connectivity index (χ1v) is 6.53. The Labute approximate surface area is 116 Å². The fourth-order valence-electron chi connectivity index (χ4n) is 2.14. The van der Waals surface area contributed by atoms with Gasteiger partial charge in [0.25, 0.3) is 0 Å². The van der Waals surface area contributed by atoms with E-state index in [9.17, 15) is 0 Å². The van der Waals surface area contributed by atoms with Crippen LogP contribution < -0.4 is 5.73 Å². The number of furan rings is 1. The van der Waals surface area contributed by atoms with Gasteiger partial charge in [-0.1, -0.05) is 53.6 Å². The molecule has 1 aromatic heterocycles. The summed E-state index contributed by atoms with van der Waals surface area (Å²) >= 11 is 6.11. The quantitative estimate of drug-likeness (QED) is 0.748. The molecular weight excluding hydrogens is 258 g/mol. The predicted octanol–water partition coefficient (Wildman–Crippen LogP) is 4.44. The minimum atomic E-state index is -0.274. The highest BCUT2D eigenvalue weighted by molar-refractivity contribution is 6.34. The molecule has 3 heteroatoms. The number of nitrogens with two attached hydrogens (primary N) is 1. The van der Waals surface area contributed by atoms with Crippen molar-refractivity contribution >= 4 is 22.6 Å². The fourth-order valence-corrected chi connectivity index (χ4v) is 2.36. The van der Waals surface area contributed by atoms with Gasteiger partial charge in [0.1, 0.15) is 5.76 Å². The van der Waals surface area contributed by atoms with Gasteiger partial charge in [-0.2, -0.15) is 0 Å². The summed E-state index contributed by atoms with van der Waals surface area (Å²) in [6.45, 7) is 2.05. The van der Waals surface area contributed by atoms with Crippen LogP contribution in [0.4, 0.5) is 0 Å². The van der Waals surface area contributed by atoms with Crippen LogP contribution in [0.15, 0.2) is 52.9 Å². The minimum Gasteiger partial charge on any atom is -0.457 e. The highest BCUT2D eigenvalue weighted by Crippen LogP contribution is 2.30. The van der Waals surface area contributed by atoms with Crippen molar-refractivity contribution in [1.82, 2.24) is 0 Å². The van der Waals surface area contributed by atoms with Gasteiger partial charge in [0.2, 0.25) is 0 Å². The molecule has 0 amide bonds. The Morgan fingerprint density at radius 2 is 1.84 bits per heavy atom. The summed E-state index contributed by atoms with van der Waals surface area (Å²) in [5.74, 6) is 0.729. The van der Waals surface area contributed by atoms with Crippen LogP contribution in [-0.2, 0) is 0 Å². The molecule has 0 aliphatic heterocycles. The van der Waals surface area contributed by atoms with E-state index in [0.29, 0.717) is 10.6 Å². The molecule has 0 fully saturated rings. The highest BCUT2D eigenvalue weighted by Gasteiger charge is 2.15. The molecule has 3 aromatic rings. The average molecular weight is 272 g/mol. The summed E-state index contributed by atoms with van der Waals surface area (Å²) in [5.41, 5.74) is 9.18. The molecule has 1 heterocycles. The molecule has 1 unspecified atom stereocenters. The van der Waals surface area contributed by atoms with Crippen LogP contribution in [0.1, 0.15) is 22.9 Å². The second kappa shape index (κ2) is 4.72. The van der Waals surface area contributed by atoms with Crippen LogP contribution in [0.2, 0.25) is 5.02 Å². The number of halogens is 1. The molecule has 1 atom stereocenters. The highest BCUT2D eigenvalue weighted by atomic mass is 35.5. The zero-order valence-electron chi connectivity index (χ0n) is 10.6. The summed E-state index contributed by atoms with van der Waals surface area (Å²) in [5, 5.41) is 1.59. The zero-order chi connectivity index (χ0) is 13.4. The van der Waals surface area contributed by atoms with Gasteiger partial charge in [-0.3, -0.25) is 0 Å². The summed E-state index contributed by atoms with van der Waals surface area (Å²) in [4.78, 5) is 0. The van der Waals surface area contributed by atoms with Gasteiger partial charge in [-0.05, 0) is 24.6 Å². The van der Waals surface area contributed by atoms with Crippen LogP contribution >= 0.6 is 11.6 Å². The molecular formula is C16H14ClNO. The number of aryl methyl sites for hydroxylation is 1. The normalized spacial score (nSPS) is 12.8. The van der Waals surface area contributed by atoms with Gasteiger partial charge in [0.15, 0.2) is 5.58 Å². The lowest BCUT2D eigenvalue weighted by Crippen LogP contribution is -2.10. The summed E-state index contributed by atoms with van der Waals surface area (Å²) in [7, 11) is 0. The molecule has 19 heavy (non-hydrogen) atoms. The largest absolute Gasteiger partial charge is 0.457 e. The molecule has 0 bridgehead atoms. The number of hydrogen-bond donors (Lipinski definition) is 1. The van der Waals surface area contributed by atoms with Crippen LogP contribution in [0.25, 0.3) is 11.0 Å². The van der Waals surface area contributed by atoms with Crippen molar-refractivity contribution in [2.24, 2.45) is 5.73 Å². The molecule has 2 N–H and O–H groups in total. The summed E-state index contributed by atoms with van der Waals surface area (Å²) in [6, 6.07) is 15.5. The van der Waals surface area contributed by atoms with Crippen molar-refractivity contribution in [3.8, 4) is 0 Å². The van der Waals surface area contributed by atoms with Gasteiger partial charge in [-0.25, -0.2) is 0 Å². The Balaban J connectivity index is 2.04. The molecule has 2 nitrogen and oxygen atoms in total. The maximum Gasteiger partial charge on any atom is 0.152 e. The number of rotatable bonds is 2. The van der Waals surface area contributed by atoms with Gasteiger partial charge in [-0.15, -0.1) is 0 Å².